The van der Waals surface area contributed by atoms with Gasteiger partial charge >= 0.3 is 0 Å². The van der Waals surface area contributed by atoms with E-state index >= 15 is 0 Å². The summed E-state index contributed by atoms with van der Waals surface area (Å²) in [5.41, 5.74) is 1.38. The minimum absolute atomic E-state index is 0.0485. The van der Waals surface area contributed by atoms with Gasteiger partial charge in [0.05, 0.1) is 34.6 Å². The van der Waals surface area contributed by atoms with Crippen molar-refractivity contribution in [2.24, 2.45) is 5.92 Å². The summed E-state index contributed by atoms with van der Waals surface area (Å²) in [6.45, 7) is 9.91. The van der Waals surface area contributed by atoms with E-state index in [1.54, 1.807) is 36.5 Å². The third-order valence-corrected chi connectivity index (χ3v) is 6.54. The van der Waals surface area contributed by atoms with E-state index in [-0.39, 0.29) is 17.6 Å². The van der Waals surface area contributed by atoms with Crippen LogP contribution in [0, 0.1) is 5.92 Å². The van der Waals surface area contributed by atoms with Crippen LogP contribution in [-0.4, -0.2) is 37.3 Å². The van der Waals surface area contributed by atoms with Crippen molar-refractivity contribution in [3.63, 3.8) is 0 Å². The first-order valence-corrected chi connectivity index (χ1v) is 13.3. The molecule has 3 aromatic rings. The summed E-state index contributed by atoms with van der Waals surface area (Å²) in [4.78, 5) is 20.0. The van der Waals surface area contributed by atoms with E-state index in [4.69, 9.17) is 16.3 Å². The maximum absolute atomic E-state index is 12.8. The normalized spacial score (nSPS) is 12.9. The lowest BCUT2D eigenvalue weighted by Crippen LogP contribution is -2.33. The summed E-state index contributed by atoms with van der Waals surface area (Å²) < 4.78 is 31.7. The van der Waals surface area contributed by atoms with E-state index in [1.807, 2.05) is 34.6 Å². The van der Waals surface area contributed by atoms with E-state index in [9.17, 15) is 13.2 Å². The molecule has 0 spiro atoms. The van der Waals surface area contributed by atoms with Crippen molar-refractivity contribution in [3.8, 4) is 5.75 Å². The minimum Gasteiger partial charge on any atom is -0.489 e. The van der Waals surface area contributed by atoms with Crippen LogP contribution in [0.3, 0.4) is 0 Å². The van der Waals surface area contributed by atoms with Crippen molar-refractivity contribution in [1.29, 1.82) is 0 Å². The number of hydrogen-bond donors (Lipinski definition) is 2. The summed E-state index contributed by atoms with van der Waals surface area (Å²) in [5, 5.41) is 4.43. The Bertz CT molecular complexity index is 1340. The summed E-state index contributed by atoms with van der Waals surface area (Å²) in [7, 11) is -3.46. The molecule has 10 heteroatoms. The lowest BCUT2D eigenvalue weighted by molar-refractivity contribution is 0.243. The Morgan fingerprint density at radius 3 is 2.47 bits per heavy atom. The third kappa shape index (κ3) is 6.21. The van der Waals surface area contributed by atoms with Crippen molar-refractivity contribution in [1.82, 2.24) is 9.97 Å². The Labute approximate surface area is 205 Å². The van der Waals surface area contributed by atoms with Gasteiger partial charge < -0.3 is 15.0 Å². The summed E-state index contributed by atoms with van der Waals surface area (Å²) in [6.07, 6.45) is 2.68. The maximum Gasteiger partial charge on any atom is 0.253 e. The second-order valence-corrected chi connectivity index (χ2v) is 11.4. The van der Waals surface area contributed by atoms with Crippen LogP contribution in [0.15, 0.2) is 41.3 Å². The molecule has 0 aliphatic rings. The monoisotopic (exact) mass is 506 g/mol. The first-order valence-electron chi connectivity index (χ1n) is 11.1. The number of nitrogens with one attached hydrogen (secondary N) is 2. The highest BCUT2D eigenvalue weighted by molar-refractivity contribution is 7.92. The van der Waals surface area contributed by atoms with Crippen LogP contribution in [0.1, 0.15) is 46.2 Å². The highest BCUT2D eigenvalue weighted by Gasteiger charge is 2.20. The number of sulfonamides is 1. The number of aromatic nitrogens is 2. The predicted octanol–water partition coefficient (Wildman–Crippen LogP) is 4.96. The zero-order valence-corrected chi connectivity index (χ0v) is 21.8. The largest absolute Gasteiger partial charge is 0.489 e. The average molecular weight is 507 g/mol. The van der Waals surface area contributed by atoms with Gasteiger partial charge in [-0.05, 0) is 44.9 Å². The number of ether oxygens (including phenoxy) is 1. The average Bonchev–Trinajstić information content (AvgIpc) is 2.71. The van der Waals surface area contributed by atoms with E-state index in [0.717, 1.165) is 5.39 Å². The molecular weight excluding hydrogens is 476 g/mol. The Morgan fingerprint density at radius 2 is 1.85 bits per heavy atom. The Hall–Kier alpha value is -2.78. The van der Waals surface area contributed by atoms with Crippen LogP contribution < -0.4 is 19.9 Å². The molecule has 1 aromatic carbocycles. The van der Waals surface area contributed by atoms with Crippen LogP contribution in [0.2, 0.25) is 5.02 Å². The van der Waals surface area contributed by atoms with Crippen molar-refractivity contribution >= 4 is 44.0 Å². The molecule has 2 aromatic heterocycles. The molecular formula is C24H31ClN4O4S. The fourth-order valence-corrected chi connectivity index (χ4v) is 4.89. The third-order valence-electron chi connectivity index (χ3n) is 5.08. The van der Waals surface area contributed by atoms with Crippen molar-refractivity contribution in [3.05, 3.63) is 57.5 Å². The number of aromatic amines is 1. The van der Waals surface area contributed by atoms with Gasteiger partial charge in [0, 0.05) is 35.8 Å². The number of benzene rings is 1. The Balaban J connectivity index is 1.91. The van der Waals surface area contributed by atoms with Crippen molar-refractivity contribution in [2.45, 2.75) is 46.8 Å². The molecule has 2 heterocycles. The fourth-order valence-electron chi connectivity index (χ4n) is 3.61. The van der Waals surface area contributed by atoms with Gasteiger partial charge in [0.2, 0.25) is 10.0 Å². The number of halogens is 1. The fraction of sp³-hybridized carbons (Fsp3) is 0.417. The number of nitrogens with zero attached hydrogens (tertiary/aromatic N) is 2. The van der Waals surface area contributed by atoms with Crippen LogP contribution in [0.25, 0.3) is 10.9 Å². The second-order valence-electron chi connectivity index (χ2n) is 9.04. The molecule has 0 fully saturated rings. The summed E-state index contributed by atoms with van der Waals surface area (Å²) >= 11 is 6.37. The molecule has 3 rings (SSSR count). The molecule has 0 unspecified atom stereocenters. The number of fused-ring (bicyclic) bond motifs is 1. The molecule has 0 saturated heterocycles. The van der Waals surface area contributed by atoms with Gasteiger partial charge in [0.25, 0.3) is 5.56 Å². The van der Waals surface area contributed by atoms with Gasteiger partial charge in [-0.25, -0.2) is 13.4 Å². The molecule has 0 aliphatic heterocycles. The maximum atomic E-state index is 12.8. The topological polar surface area (TPSA) is 104 Å². The standard InChI is InChI=1S/C24H31ClN4O4S/c1-14(2)13-29(34(6,31)32)18-7-8-26-23(11-18)27-16(5)19-9-17-10-20(25)22(33-15(3)4)12-21(17)28-24(19)30/h7-12,14-16H,13H2,1-6H3,(H,26,27)(H,28,30)/t16-/m0/s1. The predicted molar refractivity (Wildman–Crippen MR) is 139 cm³/mol. The zero-order chi connectivity index (χ0) is 25.2. The molecule has 2 N–H and O–H groups in total. The molecule has 184 valence electrons. The van der Waals surface area contributed by atoms with Gasteiger partial charge in [-0.15, -0.1) is 0 Å². The SMILES string of the molecule is CC(C)CN(c1ccnc(N[C@@H](C)c2cc3cc(Cl)c(OC(C)C)cc3[nH]c2=O)c1)S(C)(=O)=O. The van der Waals surface area contributed by atoms with E-state index in [2.05, 4.69) is 15.3 Å². The first-order chi connectivity index (χ1) is 15.8. The van der Waals surface area contributed by atoms with Crippen LogP contribution in [0.5, 0.6) is 5.75 Å². The number of H-pyrrole nitrogens is 1. The smallest absolute Gasteiger partial charge is 0.253 e. The highest BCUT2D eigenvalue weighted by Crippen LogP contribution is 2.31. The minimum atomic E-state index is -3.46. The molecule has 1 atom stereocenters. The number of hydrogen-bond acceptors (Lipinski definition) is 6. The molecule has 0 amide bonds. The Morgan fingerprint density at radius 1 is 1.15 bits per heavy atom. The zero-order valence-electron chi connectivity index (χ0n) is 20.2. The first kappa shape index (κ1) is 25.8. The van der Waals surface area contributed by atoms with Gasteiger partial charge in [-0.3, -0.25) is 9.10 Å². The molecule has 0 radical (unpaired) electrons. The van der Waals surface area contributed by atoms with Gasteiger partial charge in [0.1, 0.15) is 11.6 Å². The van der Waals surface area contributed by atoms with Gasteiger partial charge in [0.15, 0.2) is 0 Å². The highest BCUT2D eigenvalue weighted by atomic mass is 35.5. The number of pyridine rings is 2. The lowest BCUT2D eigenvalue weighted by atomic mass is 10.1. The van der Waals surface area contributed by atoms with E-state index in [1.165, 1.54) is 10.6 Å². The summed E-state index contributed by atoms with van der Waals surface area (Å²) in [5.74, 6) is 1.12. The number of anilines is 2. The molecule has 0 aliphatic carbocycles. The van der Waals surface area contributed by atoms with Crippen LogP contribution in [-0.2, 0) is 10.0 Å². The van der Waals surface area contributed by atoms with E-state index < -0.39 is 16.1 Å². The van der Waals surface area contributed by atoms with Crippen LogP contribution in [0.4, 0.5) is 11.5 Å². The molecule has 0 bridgehead atoms. The lowest BCUT2D eigenvalue weighted by Gasteiger charge is -2.25. The van der Waals surface area contributed by atoms with Gasteiger partial charge in [-0.2, -0.15) is 0 Å². The summed E-state index contributed by atoms with van der Waals surface area (Å²) in [6, 6.07) is 8.18. The molecule has 34 heavy (non-hydrogen) atoms. The number of rotatable bonds is 9. The Kier molecular flexibility index (Phi) is 7.77. The van der Waals surface area contributed by atoms with E-state index in [0.29, 0.717) is 39.9 Å². The van der Waals surface area contributed by atoms with Crippen LogP contribution >= 0.6 is 11.6 Å². The molecule has 0 saturated carbocycles. The second kappa shape index (κ2) is 10.2. The molecule has 8 nitrogen and oxygen atoms in total. The van der Waals surface area contributed by atoms with Crippen molar-refractivity contribution in [2.75, 3.05) is 22.4 Å². The quantitative estimate of drug-likeness (QED) is 0.425. The van der Waals surface area contributed by atoms with Crippen molar-refractivity contribution < 1.29 is 13.2 Å². The van der Waals surface area contributed by atoms with Gasteiger partial charge in [-0.1, -0.05) is 25.4 Å².